The van der Waals surface area contributed by atoms with Crippen LogP contribution in [-0.4, -0.2) is 12.5 Å². The van der Waals surface area contributed by atoms with Crippen LogP contribution in [0.5, 0.6) is 0 Å². The van der Waals surface area contributed by atoms with Gasteiger partial charge >= 0.3 is 0 Å². The van der Waals surface area contributed by atoms with Crippen molar-refractivity contribution in [2.24, 2.45) is 5.92 Å². The summed E-state index contributed by atoms with van der Waals surface area (Å²) in [5.74, 6) is 1.50. The van der Waals surface area contributed by atoms with Gasteiger partial charge in [-0.1, -0.05) is 84.1 Å². The van der Waals surface area contributed by atoms with E-state index in [0.29, 0.717) is 12.3 Å². The zero-order chi connectivity index (χ0) is 17.1. The maximum atomic E-state index is 11.9. The minimum absolute atomic E-state index is 0.141. The summed E-state index contributed by atoms with van der Waals surface area (Å²) in [6, 6.07) is 8.40. The van der Waals surface area contributed by atoms with E-state index in [2.05, 4.69) is 57.3 Å². The molecular formula is C21H35NO. The van der Waals surface area contributed by atoms with Crippen LogP contribution in [0.15, 0.2) is 24.3 Å². The molecule has 0 aliphatic rings. The normalized spacial score (nSPS) is 11.2. The molecule has 1 amide bonds. The van der Waals surface area contributed by atoms with Crippen molar-refractivity contribution in [3.05, 3.63) is 35.4 Å². The van der Waals surface area contributed by atoms with Gasteiger partial charge in [-0.3, -0.25) is 4.79 Å². The second kappa shape index (κ2) is 11.3. The van der Waals surface area contributed by atoms with Crippen molar-refractivity contribution in [1.29, 1.82) is 0 Å². The first-order valence-electron chi connectivity index (χ1n) is 9.34. The maximum absolute atomic E-state index is 11.9. The van der Waals surface area contributed by atoms with Crippen molar-refractivity contribution in [2.45, 2.75) is 78.6 Å². The van der Waals surface area contributed by atoms with Crippen LogP contribution in [0.1, 0.15) is 83.3 Å². The summed E-state index contributed by atoms with van der Waals surface area (Å²) in [4.78, 5) is 11.9. The van der Waals surface area contributed by atoms with Gasteiger partial charge in [-0.05, 0) is 29.4 Å². The Hall–Kier alpha value is -1.31. The summed E-state index contributed by atoms with van der Waals surface area (Å²) in [6.07, 6.45) is 8.12. The number of amides is 1. The molecule has 0 fully saturated rings. The van der Waals surface area contributed by atoms with Crippen LogP contribution in [0.25, 0.3) is 0 Å². The number of hydrogen-bond donors (Lipinski definition) is 1. The average molecular weight is 318 g/mol. The first-order chi connectivity index (χ1) is 11.0. The van der Waals surface area contributed by atoms with Crippen molar-refractivity contribution in [3.8, 4) is 0 Å². The monoisotopic (exact) mass is 317 g/mol. The van der Waals surface area contributed by atoms with E-state index in [0.717, 1.165) is 24.4 Å². The van der Waals surface area contributed by atoms with Crippen LogP contribution < -0.4 is 5.32 Å². The van der Waals surface area contributed by atoms with Crippen molar-refractivity contribution in [3.63, 3.8) is 0 Å². The predicted molar refractivity (Wildman–Crippen MR) is 99.8 cm³/mol. The fraction of sp³-hybridized carbons (Fsp3) is 0.667. The van der Waals surface area contributed by atoms with Gasteiger partial charge in [0.05, 0.1) is 6.42 Å². The molecule has 0 heterocycles. The quantitative estimate of drug-likeness (QED) is 0.539. The molecule has 0 unspecified atom stereocenters. The van der Waals surface area contributed by atoms with Gasteiger partial charge < -0.3 is 5.32 Å². The minimum atomic E-state index is 0.141. The summed E-state index contributed by atoms with van der Waals surface area (Å²) in [5, 5.41) is 3.04. The number of rotatable bonds is 11. The van der Waals surface area contributed by atoms with E-state index in [4.69, 9.17) is 0 Å². The Kier molecular flexibility index (Phi) is 9.66. The number of carbonyl (C=O) groups is 1. The lowest BCUT2D eigenvalue weighted by molar-refractivity contribution is -0.120. The molecule has 0 aromatic heterocycles. The molecule has 1 aromatic rings. The Morgan fingerprint density at radius 3 is 2.13 bits per heavy atom. The van der Waals surface area contributed by atoms with Gasteiger partial charge in [0, 0.05) is 6.54 Å². The third kappa shape index (κ3) is 9.43. The summed E-state index contributed by atoms with van der Waals surface area (Å²) < 4.78 is 0. The molecule has 1 N–H and O–H groups in total. The Morgan fingerprint density at radius 2 is 1.52 bits per heavy atom. The van der Waals surface area contributed by atoms with E-state index in [-0.39, 0.29) is 5.91 Å². The number of hydrogen-bond acceptors (Lipinski definition) is 1. The zero-order valence-corrected chi connectivity index (χ0v) is 15.5. The van der Waals surface area contributed by atoms with Gasteiger partial charge in [-0.25, -0.2) is 0 Å². The van der Waals surface area contributed by atoms with E-state index in [9.17, 15) is 4.79 Å². The molecular weight excluding hydrogens is 282 g/mol. The van der Waals surface area contributed by atoms with Crippen molar-refractivity contribution >= 4 is 5.91 Å². The molecule has 0 saturated heterocycles. The highest BCUT2D eigenvalue weighted by atomic mass is 16.1. The van der Waals surface area contributed by atoms with Crippen LogP contribution in [-0.2, 0) is 11.2 Å². The van der Waals surface area contributed by atoms with E-state index in [1.807, 2.05) is 0 Å². The Balaban J connectivity index is 2.08. The van der Waals surface area contributed by atoms with Gasteiger partial charge in [-0.15, -0.1) is 0 Å². The second-order valence-corrected chi connectivity index (χ2v) is 7.37. The molecule has 0 saturated carbocycles. The second-order valence-electron chi connectivity index (χ2n) is 7.37. The van der Waals surface area contributed by atoms with Gasteiger partial charge in [-0.2, -0.15) is 0 Å². The summed E-state index contributed by atoms with van der Waals surface area (Å²) in [5.41, 5.74) is 2.42. The van der Waals surface area contributed by atoms with Crippen molar-refractivity contribution in [2.75, 3.05) is 6.54 Å². The standard InChI is InChI=1S/C21H35NO/c1-17(2)10-8-6-5-7-9-15-22-21(23)16-19-11-13-20(14-12-19)18(3)4/h11-14,17-18H,5-10,15-16H2,1-4H3,(H,22,23). The van der Waals surface area contributed by atoms with Gasteiger partial charge in [0.1, 0.15) is 0 Å². The summed E-state index contributed by atoms with van der Waals surface area (Å²) in [7, 11) is 0. The van der Waals surface area contributed by atoms with Crippen LogP contribution in [0.2, 0.25) is 0 Å². The molecule has 0 aliphatic heterocycles. The Morgan fingerprint density at radius 1 is 0.913 bits per heavy atom. The molecule has 0 bridgehead atoms. The first kappa shape index (κ1) is 19.7. The molecule has 130 valence electrons. The van der Waals surface area contributed by atoms with Crippen molar-refractivity contribution < 1.29 is 4.79 Å². The molecule has 1 aromatic carbocycles. The highest BCUT2D eigenvalue weighted by Gasteiger charge is 2.04. The van der Waals surface area contributed by atoms with Crippen molar-refractivity contribution in [1.82, 2.24) is 5.32 Å². The number of nitrogens with one attached hydrogen (secondary N) is 1. The highest BCUT2D eigenvalue weighted by molar-refractivity contribution is 5.78. The van der Waals surface area contributed by atoms with Crippen LogP contribution in [0.4, 0.5) is 0 Å². The van der Waals surface area contributed by atoms with E-state index in [1.165, 1.54) is 37.7 Å². The number of benzene rings is 1. The fourth-order valence-electron chi connectivity index (χ4n) is 2.70. The fourth-order valence-corrected chi connectivity index (χ4v) is 2.70. The third-order valence-electron chi connectivity index (χ3n) is 4.29. The SMILES string of the molecule is CC(C)CCCCCCCNC(=O)Cc1ccc(C(C)C)cc1. The van der Waals surface area contributed by atoms with Crippen LogP contribution in [0, 0.1) is 5.92 Å². The largest absolute Gasteiger partial charge is 0.356 e. The lowest BCUT2D eigenvalue weighted by Gasteiger charge is -2.08. The lowest BCUT2D eigenvalue weighted by atomic mass is 10.0. The van der Waals surface area contributed by atoms with Crippen LogP contribution in [0.3, 0.4) is 0 Å². The Bertz CT molecular complexity index is 434. The smallest absolute Gasteiger partial charge is 0.224 e. The molecule has 1 rings (SSSR count). The summed E-state index contributed by atoms with van der Waals surface area (Å²) in [6.45, 7) is 9.75. The first-order valence-corrected chi connectivity index (χ1v) is 9.34. The lowest BCUT2D eigenvalue weighted by Crippen LogP contribution is -2.26. The van der Waals surface area contributed by atoms with E-state index in [1.54, 1.807) is 0 Å². The molecule has 0 atom stereocenters. The molecule has 0 aliphatic carbocycles. The summed E-state index contributed by atoms with van der Waals surface area (Å²) >= 11 is 0. The van der Waals surface area contributed by atoms with Crippen LogP contribution >= 0.6 is 0 Å². The average Bonchev–Trinajstić information content (AvgIpc) is 2.50. The minimum Gasteiger partial charge on any atom is -0.356 e. The van der Waals surface area contributed by atoms with Gasteiger partial charge in [0.25, 0.3) is 0 Å². The van der Waals surface area contributed by atoms with Gasteiger partial charge in [0.15, 0.2) is 0 Å². The zero-order valence-electron chi connectivity index (χ0n) is 15.5. The number of unbranched alkanes of at least 4 members (excludes halogenated alkanes) is 4. The van der Waals surface area contributed by atoms with E-state index < -0.39 is 0 Å². The number of carbonyl (C=O) groups excluding carboxylic acids is 1. The Labute approximate surface area is 143 Å². The molecule has 2 heteroatoms. The maximum Gasteiger partial charge on any atom is 0.224 e. The topological polar surface area (TPSA) is 29.1 Å². The van der Waals surface area contributed by atoms with Gasteiger partial charge in [0.2, 0.25) is 5.91 Å². The highest BCUT2D eigenvalue weighted by Crippen LogP contribution is 2.15. The molecule has 0 radical (unpaired) electrons. The predicted octanol–water partition coefficient (Wildman–Crippen LogP) is 5.47. The third-order valence-corrected chi connectivity index (χ3v) is 4.29. The molecule has 0 spiro atoms. The molecule has 2 nitrogen and oxygen atoms in total. The molecule has 23 heavy (non-hydrogen) atoms. The van der Waals surface area contributed by atoms with E-state index >= 15 is 0 Å².